The van der Waals surface area contributed by atoms with E-state index in [0.29, 0.717) is 26.4 Å². The Morgan fingerprint density at radius 1 is 1.14 bits per heavy atom. The van der Waals surface area contributed by atoms with E-state index in [-0.39, 0.29) is 6.23 Å². The van der Waals surface area contributed by atoms with Gasteiger partial charge in [-0.1, -0.05) is 0 Å². The maximum absolute atomic E-state index is 5.51. The average molecular weight is 203 g/mol. The molecule has 1 heterocycles. The molecular formula is C8H18BNO4. The molecule has 82 valence electrons. The zero-order valence-corrected chi connectivity index (χ0v) is 9.06. The third-order valence-electron chi connectivity index (χ3n) is 2.00. The van der Waals surface area contributed by atoms with Crippen molar-refractivity contribution in [1.29, 1.82) is 0 Å². The molecular weight excluding hydrogens is 185 g/mol. The molecule has 0 radical (unpaired) electrons. The van der Waals surface area contributed by atoms with Gasteiger partial charge in [-0.05, 0) is 21.0 Å². The molecule has 1 rings (SSSR count). The molecule has 0 bridgehead atoms. The van der Waals surface area contributed by atoms with Crippen molar-refractivity contribution in [2.24, 2.45) is 0 Å². The molecule has 1 fully saturated rings. The Morgan fingerprint density at radius 3 is 2.21 bits per heavy atom. The zero-order valence-electron chi connectivity index (χ0n) is 9.06. The van der Waals surface area contributed by atoms with Crippen molar-refractivity contribution >= 4 is 7.32 Å². The molecule has 0 amide bonds. The molecule has 0 aromatic rings. The molecule has 0 aliphatic carbocycles. The second-order valence-electron chi connectivity index (χ2n) is 3.34. The van der Waals surface area contributed by atoms with Crippen LogP contribution in [0.25, 0.3) is 0 Å². The number of hydrogen-bond acceptors (Lipinski definition) is 5. The highest BCUT2D eigenvalue weighted by atomic mass is 16.7. The molecule has 1 aliphatic heterocycles. The number of nitrogens with zero attached hydrogens (tertiary/aromatic N) is 1. The summed E-state index contributed by atoms with van der Waals surface area (Å²) in [5.74, 6) is 0. The summed E-state index contributed by atoms with van der Waals surface area (Å²) >= 11 is 0. The van der Waals surface area contributed by atoms with Gasteiger partial charge < -0.3 is 18.7 Å². The van der Waals surface area contributed by atoms with Gasteiger partial charge in [-0.15, -0.1) is 0 Å². The van der Waals surface area contributed by atoms with Crippen molar-refractivity contribution in [3.8, 4) is 0 Å². The van der Waals surface area contributed by atoms with E-state index in [0.717, 1.165) is 0 Å². The van der Waals surface area contributed by atoms with Crippen molar-refractivity contribution in [1.82, 2.24) is 4.90 Å². The summed E-state index contributed by atoms with van der Waals surface area (Å²) in [7, 11) is 3.31. The summed E-state index contributed by atoms with van der Waals surface area (Å²) in [6.45, 7) is 4.15. The molecule has 1 unspecified atom stereocenters. The van der Waals surface area contributed by atoms with E-state index in [4.69, 9.17) is 18.7 Å². The van der Waals surface area contributed by atoms with Gasteiger partial charge in [-0.2, -0.15) is 0 Å². The minimum atomic E-state index is -0.573. The van der Waals surface area contributed by atoms with Crippen LogP contribution < -0.4 is 0 Å². The monoisotopic (exact) mass is 203 g/mol. The summed E-state index contributed by atoms with van der Waals surface area (Å²) in [5.41, 5.74) is 0. The first-order valence-corrected chi connectivity index (χ1v) is 4.83. The summed E-state index contributed by atoms with van der Waals surface area (Å²) in [5, 5.41) is 0. The first kappa shape index (κ1) is 11.9. The zero-order chi connectivity index (χ0) is 10.4. The van der Waals surface area contributed by atoms with Crippen LogP contribution in [0.1, 0.15) is 6.92 Å². The topological polar surface area (TPSA) is 40.2 Å². The Balaban J connectivity index is 2.26. The predicted molar refractivity (Wildman–Crippen MR) is 52.7 cm³/mol. The van der Waals surface area contributed by atoms with E-state index in [2.05, 4.69) is 0 Å². The fourth-order valence-electron chi connectivity index (χ4n) is 0.918. The first-order chi connectivity index (χ1) is 6.70. The van der Waals surface area contributed by atoms with Gasteiger partial charge in [0.25, 0.3) is 0 Å². The van der Waals surface area contributed by atoms with E-state index < -0.39 is 7.32 Å². The Hall–Kier alpha value is -0.135. The van der Waals surface area contributed by atoms with E-state index in [1.54, 1.807) is 0 Å². The van der Waals surface area contributed by atoms with Crippen molar-refractivity contribution in [2.75, 3.05) is 40.5 Å². The summed E-state index contributed by atoms with van der Waals surface area (Å²) in [6.07, 6.45) is -0.0275. The van der Waals surface area contributed by atoms with E-state index in [1.807, 2.05) is 25.9 Å². The summed E-state index contributed by atoms with van der Waals surface area (Å²) in [6, 6.07) is 0. The second kappa shape index (κ2) is 6.37. The van der Waals surface area contributed by atoms with Crippen LogP contribution in [0.3, 0.4) is 0 Å². The van der Waals surface area contributed by atoms with Gasteiger partial charge in [-0.25, -0.2) is 0 Å². The summed E-state index contributed by atoms with van der Waals surface area (Å²) < 4.78 is 21.3. The summed E-state index contributed by atoms with van der Waals surface area (Å²) in [4.78, 5) is 1.95. The third kappa shape index (κ3) is 4.39. The number of rotatable bonds is 3. The largest absolute Gasteiger partial charge is 0.640 e. The van der Waals surface area contributed by atoms with Crippen LogP contribution >= 0.6 is 0 Å². The average Bonchev–Trinajstić information content (AvgIpc) is 2.08. The Morgan fingerprint density at radius 2 is 1.71 bits per heavy atom. The van der Waals surface area contributed by atoms with Gasteiger partial charge in [0.05, 0.1) is 32.7 Å². The van der Waals surface area contributed by atoms with Gasteiger partial charge in [0.15, 0.2) is 0 Å². The van der Waals surface area contributed by atoms with Gasteiger partial charge in [0.2, 0.25) is 0 Å². The van der Waals surface area contributed by atoms with Gasteiger partial charge in [0.1, 0.15) is 0 Å². The molecule has 1 aliphatic rings. The van der Waals surface area contributed by atoms with Crippen LogP contribution in [0.5, 0.6) is 0 Å². The highest BCUT2D eigenvalue weighted by Gasteiger charge is 2.25. The maximum Gasteiger partial charge on any atom is 0.640 e. The predicted octanol–water partition coefficient (Wildman–Crippen LogP) is -0.0411. The van der Waals surface area contributed by atoms with Crippen molar-refractivity contribution in [3.63, 3.8) is 0 Å². The van der Waals surface area contributed by atoms with Crippen LogP contribution in [-0.2, 0) is 18.7 Å². The maximum atomic E-state index is 5.51. The molecule has 0 spiro atoms. The van der Waals surface area contributed by atoms with Crippen molar-refractivity contribution in [2.45, 2.75) is 13.2 Å². The molecule has 0 saturated carbocycles. The fourth-order valence-corrected chi connectivity index (χ4v) is 0.918. The molecule has 0 aromatic carbocycles. The lowest BCUT2D eigenvalue weighted by molar-refractivity contribution is -0.0324. The molecule has 0 aromatic heterocycles. The van der Waals surface area contributed by atoms with Crippen molar-refractivity contribution in [3.05, 3.63) is 0 Å². The van der Waals surface area contributed by atoms with Crippen LogP contribution in [-0.4, -0.2) is 59.0 Å². The van der Waals surface area contributed by atoms with E-state index in [9.17, 15) is 0 Å². The molecule has 6 heteroatoms. The smallest absolute Gasteiger partial charge is 0.383 e. The molecule has 0 N–H and O–H groups in total. The Bertz CT molecular complexity index is 150. The van der Waals surface area contributed by atoms with E-state index in [1.165, 1.54) is 0 Å². The van der Waals surface area contributed by atoms with Crippen LogP contribution in [0, 0.1) is 0 Å². The molecule has 1 saturated heterocycles. The standard InChI is InChI=1S/C8H18BNO4/c1-8(10(2)3)14-9-12-6-4-11-5-7-13-9/h8H,4-7H2,1-3H3. The minimum absolute atomic E-state index is 0.0275. The van der Waals surface area contributed by atoms with Crippen LogP contribution in [0.2, 0.25) is 0 Å². The second-order valence-corrected chi connectivity index (χ2v) is 3.34. The lowest BCUT2D eigenvalue weighted by Gasteiger charge is -2.24. The Kier molecular flexibility index (Phi) is 5.43. The molecule has 5 nitrogen and oxygen atoms in total. The van der Waals surface area contributed by atoms with Crippen LogP contribution in [0.15, 0.2) is 0 Å². The number of ether oxygens (including phenoxy) is 1. The lowest BCUT2D eigenvalue weighted by atomic mass is 10.2. The highest BCUT2D eigenvalue weighted by molar-refractivity contribution is 6.36. The minimum Gasteiger partial charge on any atom is -0.383 e. The SMILES string of the molecule is CC(OB1OCCOCCO1)N(C)C. The van der Waals surface area contributed by atoms with Crippen molar-refractivity contribution < 1.29 is 18.7 Å². The quantitative estimate of drug-likeness (QED) is 0.475. The molecule has 14 heavy (non-hydrogen) atoms. The Labute approximate surface area is 85.4 Å². The van der Waals surface area contributed by atoms with Crippen LogP contribution in [0.4, 0.5) is 0 Å². The first-order valence-electron chi connectivity index (χ1n) is 4.83. The van der Waals surface area contributed by atoms with Gasteiger partial charge >= 0.3 is 7.32 Å². The normalized spacial score (nSPS) is 21.9. The van der Waals surface area contributed by atoms with Gasteiger partial charge in [-0.3, -0.25) is 4.90 Å². The fraction of sp³-hybridized carbons (Fsp3) is 1.00. The van der Waals surface area contributed by atoms with Gasteiger partial charge in [0, 0.05) is 0 Å². The van der Waals surface area contributed by atoms with E-state index >= 15 is 0 Å². The highest BCUT2D eigenvalue weighted by Crippen LogP contribution is 2.02. The lowest BCUT2D eigenvalue weighted by Crippen LogP contribution is -2.39. The third-order valence-corrected chi connectivity index (χ3v) is 2.00. The number of hydrogen-bond donors (Lipinski definition) is 0. The molecule has 1 atom stereocenters.